The molecule has 9 heteroatoms. The van der Waals surface area contributed by atoms with Crippen LogP contribution >= 0.6 is 0 Å². The van der Waals surface area contributed by atoms with Crippen LogP contribution in [-0.2, 0) is 22.2 Å². The molecule has 2 aliphatic rings. The largest absolute Gasteiger partial charge is 0.507 e. The number of hydrogen-bond donors (Lipinski definition) is 1. The number of aryl methyl sites for hydroxylation is 1. The first kappa shape index (κ1) is 21.8. The molecule has 0 radical (unpaired) electrons. The van der Waals surface area contributed by atoms with E-state index in [0.29, 0.717) is 17.9 Å². The summed E-state index contributed by atoms with van der Waals surface area (Å²) in [5.41, 5.74) is 0.151. The lowest BCUT2D eigenvalue weighted by atomic mass is 9.96. The van der Waals surface area contributed by atoms with Crippen molar-refractivity contribution in [2.75, 3.05) is 11.5 Å². The Balaban J connectivity index is 1.63. The summed E-state index contributed by atoms with van der Waals surface area (Å²) in [6, 6.07) is 10.8. The van der Waals surface area contributed by atoms with E-state index in [1.54, 1.807) is 24.3 Å². The second-order valence-corrected chi connectivity index (χ2v) is 8.00. The van der Waals surface area contributed by atoms with Crippen molar-refractivity contribution in [2.45, 2.75) is 25.1 Å². The maximum Gasteiger partial charge on any atom is 0.416 e. The Kier molecular flexibility index (Phi) is 5.19. The number of alkyl halides is 3. The Morgan fingerprint density at radius 1 is 1.06 bits per heavy atom. The SMILES string of the molecule is O=C1C(=O)N(c2ccc(C(F)(F)F)cc2)C(c2ccco2)/C1=C(/O)c1ccc2c(c1)CCCO2. The van der Waals surface area contributed by atoms with Crippen LogP contribution < -0.4 is 9.64 Å². The van der Waals surface area contributed by atoms with Crippen molar-refractivity contribution >= 4 is 23.1 Å². The van der Waals surface area contributed by atoms with Gasteiger partial charge in [0.05, 0.1) is 24.0 Å². The number of aliphatic hydroxyl groups excluding tert-OH is 1. The van der Waals surface area contributed by atoms with Gasteiger partial charge in [-0.15, -0.1) is 0 Å². The number of ketones is 1. The number of hydrogen-bond acceptors (Lipinski definition) is 5. The molecule has 0 aliphatic carbocycles. The van der Waals surface area contributed by atoms with Crippen LogP contribution in [0.3, 0.4) is 0 Å². The van der Waals surface area contributed by atoms with E-state index in [9.17, 15) is 27.9 Å². The molecule has 1 N–H and O–H groups in total. The lowest BCUT2D eigenvalue weighted by Crippen LogP contribution is -2.29. The zero-order chi connectivity index (χ0) is 24.0. The number of carbonyl (C=O) groups is 2. The van der Waals surface area contributed by atoms with Crippen LogP contribution in [0.2, 0.25) is 0 Å². The maximum absolute atomic E-state index is 13.1. The molecule has 3 heterocycles. The van der Waals surface area contributed by atoms with E-state index in [-0.39, 0.29) is 17.0 Å². The van der Waals surface area contributed by atoms with E-state index in [0.717, 1.165) is 47.6 Å². The molecule has 5 rings (SSSR count). The number of nitrogens with zero attached hydrogens (tertiary/aromatic N) is 1. The summed E-state index contributed by atoms with van der Waals surface area (Å²) in [7, 11) is 0. The highest BCUT2D eigenvalue weighted by Crippen LogP contribution is 2.43. The molecule has 0 saturated carbocycles. The fraction of sp³-hybridized carbons (Fsp3) is 0.200. The Labute approximate surface area is 191 Å². The number of Topliss-reactive ketones (excluding diaryl/α,β-unsaturated/α-hetero) is 1. The van der Waals surface area contributed by atoms with Crippen molar-refractivity contribution in [3.8, 4) is 5.75 Å². The van der Waals surface area contributed by atoms with Crippen molar-refractivity contribution in [3.63, 3.8) is 0 Å². The number of benzene rings is 2. The minimum absolute atomic E-state index is 0.0643. The summed E-state index contributed by atoms with van der Waals surface area (Å²) >= 11 is 0. The third-order valence-corrected chi connectivity index (χ3v) is 5.91. The van der Waals surface area contributed by atoms with Gasteiger partial charge in [0.15, 0.2) is 0 Å². The molecule has 174 valence electrons. The number of anilines is 1. The molecule has 6 nitrogen and oxygen atoms in total. The van der Waals surface area contributed by atoms with Crippen molar-refractivity contribution in [1.82, 2.24) is 0 Å². The number of furan rings is 1. The predicted molar refractivity (Wildman–Crippen MR) is 115 cm³/mol. The summed E-state index contributed by atoms with van der Waals surface area (Å²) in [6.45, 7) is 0.592. The molecule has 1 amide bonds. The van der Waals surface area contributed by atoms with Crippen molar-refractivity contribution in [1.29, 1.82) is 0 Å². The topological polar surface area (TPSA) is 80.0 Å². The first-order valence-corrected chi connectivity index (χ1v) is 10.5. The Morgan fingerprint density at radius 3 is 2.50 bits per heavy atom. The minimum Gasteiger partial charge on any atom is -0.507 e. The number of carbonyl (C=O) groups excluding carboxylic acids is 2. The number of rotatable bonds is 3. The third kappa shape index (κ3) is 3.63. The first-order valence-electron chi connectivity index (χ1n) is 10.5. The van der Waals surface area contributed by atoms with Gasteiger partial charge < -0.3 is 14.3 Å². The van der Waals surface area contributed by atoms with Gasteiger partial charge in [0, 0.05) is 11.3 Å². The molecule has 2 aliphatic heterocycles. The second-order valence-electron chi connectivity index (χ2n) is 8.00. The lowest BCUT2D eigenvalue weighted by Gasteiger charge is -2.24. The summed E-state index contributed by atoms with van der Waals surface area (Å²) in [5.74, 6) is -1.48. The highest BCUT2D eigenvalue weighted by Gasteiger charge is 2.48. The Hall–Kier alpha value is -4.01. The maximum atomic E-state index is 13.1. The van der Waals surface area contributed by atoms with Crippen LogP contribution in [0.5, 0.6) is 5.75 Å². The van der Waals surface area contributed by atoms with Gasteiger partial charge in [0.2, 0.25) is 0 Å². The van der Waals surface area contributed by atoms with Gasteiger partial charge >= 0.3 is 6.18 Å². The van der Waals surface area contributed by atoms with Gasteiger partial charge in [-0.1, -0.05) is 0 Å². The molecular formula is C25H18F3NO5. The van der Waals surface area contributed by atoms with Crippen LogP contribution in [0, 0.1) is 0 Å². The summed E-state index contributed by atoms with van der Waals surface area (Å²) in [6.07, 6.45) is -1.67. The van der Waals surface area contributed by atoms with E-state index in [1.807, 2.05) is 0 Å². The van der Waals surface area contributed by atoms with E-state index < -0.39 is 35.2 Å². The average Bonchev–Trinajstić information content (AvgIpc) is 3.45. The average molecular weight is 469 g/mol. The molecule has 34 heavy (non-hydrogen) atoms. The van der Waals surface area contributed by atoms with Crippen LogP contribution in [0.4, 0.5) is 18.9 Å². The molecule has 3 aromatic rings. The quantitative estimate of drug-likeness (QED) is 0.322. The number of aliphatic hydroxyl groups is 1. The van der Waals surface area contributed by atoms with Gasteiger partial charge in [-0.25, -0.2) is 0 Å². The van der Waals surface area contributed by atoms with E-state index in [2.05, 4.69) is 0 Å². The molecule has 1 fully saturated rings. The minimum atomic E-state index is -4.55. The standard InChI is InChI=1S/C25H18F3NO5/c26-25(27,28)16-6-8-17(9-7-16)29-21(19-4-2-12-34-19)20(23(31)24(29)32)22(30)15-5-10-18-14(13-15)3-1-11-33-18/h2,4-10,12-13,21,30H,1,3,11H2/b22-20-. The van der Waals surface area contributed by atoms with Crippen molar-refractivity contribution in [2.24, 2.45) is 0 Å². The van der Waals surface area contributed by atoms with Crippen LogP contribution in [0.15, 0.2) is 70.9 Å². The highest BCUT2D eigenvalue weighted by atomic mass is 19.4. The number of amides is 1. The van der Waals surface area contributed by atoms with Crippen LogP contribution in [0.1, 0.15) is 34.9 Å². The molecule has 1 aromatic heterocycles. The fourth-order valence-corrected chi connectivity index (χ4v) is 4.29. The fourth-order valence-electron chi connectivity index (χ4n) is 4.29. The molecule has 1 unspecified atom stereocenters. The molecule has 0 spiro atoms. The highest BCUT2D eigenvalue weighted by molar-refractivity contribution is 6.51. The smallest absolute Gasteiger partial charge is 0.416 e. The van der Waals surface area contributed by atoms with Gasteiger partial charge in [-0.05, 0) is 73.0 Å². The Bertz CT molecular complexity index is 1290. The van der Waals surface area contributed by atoms with E-state index in [4.69, 9.17) is 9.15 Å². The van der Waals surface area contributed by atoms with E-state index in [1.165, 1.54) is 12.3 Å². The second kappa shape index (κ2) is 8.09. The number of fused-ring (bicyclic) bond motifs is 1. The Morgan fingerprint density at radius 2 is 1.82 bits per heavy atom. The summed E-state index contributed by atoms with van der Waals surface area (Å²) in [4.78, 5) is 27.1. The predicted octanol–water partition coefficient (Wildman–Crippen LogP) is 5.25. The first-order chi connectivity index (χ1) is 16.3. The third-order valence-electron chi connectivity index (χ3n) is 5.91. The van der Waals surface area contributed by atoms with Crippen molar-refractivity contribution in [3.05, 3.63) is 88.9 Å². The molecular weight excluding hydrogens is 451 g/mol. The monoisotopic (exact) mass is 469 g/mol. The zero-order valence-corrected chi connectivity index (χ0v) is 17.6. The van der Waals surface area contributed by atoms with Gasteiger partial charge in [-0.3, -0.25) is 14.5 Å². The molecule has 1 atom stereocenters. The molecule has 1 saturated heterocycles. The van der Waals surface area contributed by atoms with E-state index >= 15 is 0 Å². The normalized spacial score (nSPS) is 19.7. The molecule has 2 aromatic carbocycles. The molecule has 0 bridgehead atoms. The zero-order valence-electron chi connectivity index (χ0n) is 17.6. The van der Waals surface area contributed by atoms with Gasteiger partial charge in [0.25, 0.3) is 11.7 Å². The van der Waals surface area contributed by atoms with Crippen molar-refractivity contribution < 1.29 is 37.0 Å². The van der Waals surface area contributed by atoms with Crippen LogP contribution in [0.25, 0.3) is 5.76 Å². The lowest BCUT2D eigenvalue weighted by molar-refractivity contribution is -0.137. The van der Waals surface area contributed by atoms with Gasteiger partial charge in [-0.2, -0.15) is 13.2 Å². The summed E-state index contributed by atoms with van der Waals surface area (Å²) < 4.78 is 50.1. The number of halogens is 3. The van der Waals surface area contributed by atoms with Crippen LogP contribution in [-0.4, -0.2) is 23.4 Å². The summed E-state index contributed by atoms with van der Waals surface area (Å²) in [5, 5.41) is 11.1. The van der Waals surface area contributed by atoms with Gasteiger partial charge in [0.1, 0.15) is 23.3 Å². The number of ether oxygens (including phenoxy) is 1.